The number of aromatic nitrogens is 4. The Balaban J connectivity index is 2.02. The van der Waals surface area contributed by atoms with Crippen LogP contribution in [-0.2, 0) is 6.42 Å². The summed E-state index contributed by atoms with van der Waals surface area (Å²) in [5.41, 5.74) is 7.11. The second kappa shape index (κ2) is 5.51. The van der Waals surface area contributed by atoms with Crippen molar-refractivity contribution in [3.63, 3.8) is 0 Å². The Labute approximate surface area is 114 Å². The molecule has 0 bridgehead atoms. The highest BCUT2D eigenvalue weighted by Crippen LogP contribution is 2.18. The summed E-state index contributed by atoms with van der Waals surface area (Å²) in [7, 11) is 0. The minimum atomic E-state index is -0.616. The molecule has 0 fully saturated rings. The van der Waals surface area contributed by atoms with Gasteiger partial charge in [-0.1, -0.05) is 0 Å². The molecule has 0 spiro atoms. The van der Waals surface area contributed by atoms with Gasteiger partial charge in [0.15, 0.2) is 0 Å². The predicted molar refractivity (Wildman–Crippen MR) is 73.2 cm³/mol. The maximum Gasteiger partial charge on any atom is 0.329 e. The Morgan fingerprint density at radius 2 is 2.35 bits per heavy atom. The van der Waals surface area contributed by atoms with Gasteiger partial charge in [-0.05, 0) is 19.9 Å². The largest absolute Gasteiger partial charge is 0.378 e. The molecule has 0 aromatic carbocycles. The Bertz CT molecular complexity index is 625. The van der Waals surface area contributed by atoms with E-state index >= 15 is 0 Å². The van der Waals surface area contributed by atoms with Crippen LogP contribution < -0.4 is 11.1 Å². The molecule has 2 aromatic rings. The van der Waals surface area contributed by atoms with Crippen LogP contribution in [0.25, 0.3) is 0 Å². The van der Waals surface area contributed by atoms with E-state index in [0.717, 1.165) is 17.6 Å². The molecule has 0 saturated carbocycles. The summed E-state index contributed by atoms with van der Waals surface area (Å²) in [6.07, 6.45) is 1.76. The van der Waals surface area contributed by atoms with E-state index < -0.39 is 4.92 Å². The Hall–Kier alpha value is -2.71. The number of aryl methyl sites for hydroxylation is 1. The second-order valence-electron chi connectivity index (χ2n) is 4.51. The second-order valence-corrected chi connectivity index (χ2v) is 4.51. The van der Waals surface area contributed by atoms with Gasteiger partial charge >= 0.3 is 5.69 Å². The Kier molecular flexibility index (Phi) is 3.78. The molecule has 9 nitrogen and oxygen atoms in total. The van der Waals surface area contributed by atoms with Gasteiger partial charge in [0, 0.05) is 18.2 Å². The number of nitrogens with zero attached hydrogens (tertiary/aromatic N) is 4. The molecule has 4 N–H and O–H groups in total. The fourth-order valence-corrected chi connectivity index (χ4v) is 1.76. The SMILES string of the molecule is Cc1cc(CC(C)Nc2ncc([N+](=O)[O-])c(N)n2)n[nH]1. The summed E-state index contributed by atoms with van der Waals surface area (Å²) >= 11 is 0. The van der Waals surface area contributed by atoms with Gasteiger partial charge in [-0.2, -0.15) is 10.1 Å². The highest BCUT2D eigenvalue weighted by molar-refractivity contribution is 5.53. The summed E-state index contributed by atoms with van der Waals surface area (Å²) < 4.78 is 0. The number of aromatic amines is 1. The van der Waals surface area contributed by atoms with E-state index in [1.807, 2.05) is 19.9 Å². The van der Waals surface area contributed by atoms with Crippen molar-refractivity contribution in [1.82, 2.24) is 20.2 Å². The molecule has 106 valence electrons. The molecule has 20 heavy (non-hydrogen) atoms. The molecule has 1 atom stereocenters. The number of nitrogens with two attached hydrogens (primary N) is 1. The van der Waals surface area contributed by atoms with Crippen molar-refractivity contribution in [1.29, 1.82) is 0 Å². The maximum absolute atomic E-state index is 10.6. The summed E-state index contributed by atoms with van der Waals surface area (Å²) in [5, 5.41) is 20.6. The lowest BCUT2D eigenvalue weighted by atomic mass is 10.2. The molecule has 0 amide bonds. The van der Waals surface area contributed by atoms with E-state index in [-0.39, 0.29) is 23.5 Å². The van der Waals surface area contributed by atoms with Crippen molar-refractivity contribution >= 4 is 17.5 Å². The standard InChI is InChI=1S/C11H15N7O2/c1-6(3-8-4-7(2)16-17-8)14-11-13-5-9(18(19)20)10(12)15-11/h4-6H,3H2,1-2H3,(H,16,17)(H3,12,13,14,15). The van der Waals surface area contributed by atoms with E-state index in [1.165, 1.54) is 0 Å². The van der Waals surface area contributed by atoms with Gasteiger partial charge in [0.1, 0.15) is 6.20 Å². The number of hydrogen-bond donors (Lipinski definition) is 3. The quantitative estimate of drug-likeness (QED) is 0.548. The smallest absolute Gasteiger partial charge is 0.329 e. The van der Waals surface area contributed by atoms with Crippen LogP contribution in [0, 0.1) is 17.0 Å². The van der Waals surface area contributed by atoms with Crippen LogP contribution in [0.3, 0.4) is 0 Å². The zero-order chi connectivity index (χ0) is 14.7. The van der Waals surface area contributed by atoms with Crippen LogP contribution in [0.4, 0.5) is 17.5 Å². The lowest BCUT2D eigenvalue weighted by Crippen LogP contribution is -2.20. The summed E-state index contributed by atoms with van der Waals surface area (Å²) in [4.78, 5) is 17.7. The van der Waals surface area contributed by atoms with E-state index in [1.54, 1.807) is 0 Å². The zero-order valence-electron chi connectivity index (χ0n) is 11.1. The average Bonchev–Trinajstić information content (AvgIpc) is 2.74. The van der Waals surface area contributed by atoms with Crippen LogP contribution in [-0.4, -0.2) is 31.1 Å². The first-order valence-corrected chi connectivity index (χ1v) is 6.00. The summed E-state index contributed by atoms with van der Waals surface area (Å²) in [5.74, 6) is 0.100. The molecule has 2 rings (SSSR count). The molecule has 2 heterocycles. The topological polar surface area (TPSA) is 136 Å². The molecular weight excluding hydrogens is 262 g/mol. The minimum absolute atomic E-state index is 0.0126. The molecule has 0 aliphatic rings. The Morgan fingerprint density at radius 1 is 1.60 bits per heavy atom. The summed E-state index contributed by atoms with van der Waals surface area (Å²) in [6.45, 7) is 3.86. The van der Waals surface area contributed by atoms with Crippen LogP contribution in [0.15, 0.2) is 12.3 Å². The van der Waals surface area contributed by atoms with E-state index in [0.29, 0.717) is 6.42 Å². The van der Waals surface area contributed by atoms with Gasteiger partial charge in [-0.3, -0.25) is 15.2 Å². The first-order chi connectivity index (χ1) is 9.45. The first kappa shape index (κ1) is 13.7. The molecule has 0 aliphatic carbocycles. The van der Waals surface area contributed by atoms with E-state index in [2.05, 4.69) is 25.5 Å². The maximum atomic E-state index is 10.6. The third-order valence-corrected chi connectivity index (χ3v) is 2.64. The van der Waals surface area contributed by atoms with Crippen LogP contribution >= 0.6 is 0 Å². The molecular formula is C11H15N7O2. The number of nitrogen functional groups attached to an aromatic ring is 1. The van der Waals surface area contributed by atoms with Crippen LogP contribution in [0.5, 0.6) is 0 Å². The molecule has 9 heteroatoms. The third kappa shape index (κ3) is 3.19. The fraction of sp³-hybridized carbons (Fsp3) is 0.364. The molecule has 0 aliphatic heterocycles. The normalized spacial score (nSPS) is 12.1. The lowest BCUT2D eigenvalue weighted by molar-refractivity contribution is -0.384. The fourth-order valence-electron chi connectivity index (χ4n) is 1.76. The first-order valence-electron chi connectivity index (χ1n) is 6.00. The van der Waals surface area contributed by atoms with Gasteiger partial charge in [-0.25, -0.2) is 4.98 Å². The molecule has 2 aromatic heterocycles. The lowest BCUT2D eigenvalue weighted by Gasteiger charge is -2.12. The number of H-pyrrole nitrogens is 1. The number of hydrogen-bond acceptors (Lipinski definition) is 7. The number of rotatable bonds is 5. The summed E-state index contributed by atoms with van der Waals surface area (Å²) in [6, 6.07) is 1.96. The van der Waals surface area contributed by atoms with Crippen molar-refractivity contribution in [3.8, 4) is 0 Å². The minimum Gasteiger partial charge on any atom is -0.378 e. The van der Waals surface area contributed by atoms with Crippen molar-refractivity contribution in [2.75, 3.05) is 11.1 Å². The average molecular weight is 277 g/mol. The number of nitrogens with one attached hydrogen (secondary N) is 2. The van der Waals surface area contributed by atoms with Crippen LogP contribution in [0.2, 0.25) is 0 Å². The van der Waals surface area contributed by atoms with E-state index in [9.17, 15) is 10.1 Å². The van der Waals surface area contributed by atoms with Gasteiger partial charge in [0.05, 0.1) is 10.6 Å². The van der Waals surface area contributed by atoms with Gasteiger partial charge in [0.25, 0.3) is 0 Å². The van der Waals surface area contributed by atoms with E-state index in [4.69, 9.17) is 5.73 Å². The van der Waals surface area contributed by atoms with Crippen molar-refractivity contribution in [2.45, 2.75) is 26.3 Å². The monoisotopic (exact) mass is 277 g/mol. The highest BCUT2D eigenvalue weighted by atomic mass is 16.6. The zero-order valence-corrected chi connectivity index (χ0v) is 11.1. The number of nitro groups is 1. The Morgan fingerprint density at radius 3 is 2.90 bits per heavy atom. The van der Waals surface area contributed by atoms with Gasteiger partial charge in [-0.15, -0.1) is 0 Å². The molecule has 0 radical (unpaired) electrons. The van der Waals surface area contributed by atoms with Crippen molar-refractivity contribution in [2.24, 2.45) is 0 Å². The van der Waals surface area contributed by atoms with Crippen molar-refractivity contribution < 1.29 is 4.92 Å². The highest BCUT2D eigenvalue weighted by Gasteiger charge is 2.15. The predicted octanol–water partition coefficient (Wildman–Crippen LogP) is 1.04. The third-order valence-electron chi connectivity index (χ3n) is 2.64. The molecule has 0 saturated heterocycles. The van der Waals surface area contributed by atoms with Gasteiger partial charge < -0.3 is 11.1 Å². The van der Waals surface area contributed by atoms with Crippen LogP contribution in [0.1, 0.15) is 18.3 Å². The van der Waals surface area contributed by atoms with Crippen molar-refractivity contribution in [3.05, 3.63) is 33.8 Å². The number of anilines is 2. The van der Waals surface area contributed by atoms with Gasteiger partial charge in [0.2, 0.25) is 11.8 Å². The molecule has 1 unspecified atom stereocenters.